The standard InChI is InChI=1S/C20H17F3N4O3S/c1-2-31(29,30)12-9-18(28)25-19-17(14-7-10-24-11-8-14)13-27(26-19)16-5-3-15(4-6-16)20(21,22)23/h2-8,10-11,13H,1,9,12H2,(H,25,26,28). The lowest BCUT2D eigenvalue weighted by Crippen LogP contribution is -2.17. The summed E-state index contributed by atoms with van der Waals surface area (Å²) >= 11 is 0. The van der Waals surface area contributed by atoms with Crippen molar-refractivity contribution in [1.29, 1.82) is 0 Å². The van der Waals surface area contributed by atoms with Crippen LogP contribution < -0.4 is 5.32 Å². The maximum atomic E-state index is 12.8. The van der Waals surface area contributed by atoms with Gasteiger partial charge in [0.2, 0.25) is 5.91 Å². The third-order valence-electron chi connectivity index (χ3n) is 4.29. The Morgan fingerprint density at radius 3 is 2.35 bits per heavy atom. The molecule has 0 radical (unpaired) electrons. The first-order valence-electron chi connectivity index (χ1n) is 8.92. The number of carbonyl (C=O) groups excluding carboxylic acids is 1. The monoisotopic (exact) mass is 450 g/mol. The molecule has 0 bridgehead atoms. The quantitative estimate of drug-likeness (QED) is 0.590. The van der Waals surface area contributed by atoms with E-state index >= 15 is 0 Å². The molecule has 0 spiro atoms. The SMILES string of the molecule is C=CS(=O)(=O)CCC(=O)Nc1nn(-c2ccc(C(F)(F)F)cc2)cc1-c1ccncc1. The minimum Gasteiger partial charge on any atom is -0.309 e. The van der Waals surface area contributed by atoms with Crippen LogP contribution in [0.15, 0.2) is 67.0 Å². The number of nitrogens with one attached hydrogen (secondary N) is 1. The summed E-state index contributed by atoms with van der Waals surface area (Å²) in [5.41, 5.74) is 0.692. The first kappa shape index (κ1) is 22.2. The molecule has 162 valence electrons. The molecule has 1 amide bonds. The van der Waals surface area contributed by atoms with Crippen molar-refractivity contribution in [3.8, 4) is 16.8 Å². The van der Waals surface area contributed by atoms with Crippen molar-refractivity contribution >= 4 is 21.6 Å². The summed E-state index contributed by atoms with van der Waals surface area (Å²) < 4.78 is 62.8. The number of anilines is 1. The Morgan fingerprint density at radius 2 is 1.77 bits per heavy atom. The predicted molar refractivity (Wildman–Crippen MR) is 109 cm³/mol. The molecule has 0 aliphatic rings. The molecule has 7 nitrogen and oxygen atoms in total. The van der Waals surface area contributed by atoms with Crippen molar-refractivity contribution in [1.82, 2.24) is 14.8 Å². The van der Waals surface area contributed by atoms with E-state index in [-0.39, 0.29) is 12.2 Å². The fraction of sp³-hybridized carbons (Fsp3) is 0.150. The molecule has 3 rings (SSSR count). The Morgan fingerprint density at radius 1 is 1.13 bits per heavy atom. The van der Waals surface area contributed by atoms with Crippen molar-refractivity contribution in [2.75, 3.05) is 11.1 Å². The highest BCUT2D eigenvalue weighted by Gasteiger charge is 2.30. The second-order valence-electron chi connectivity index (χ2n) is 6.45. The van der Waals surface area contributed by atoms with Crippen LogP contribution >= 0.6 is 0 Å². The number of aromatic nitrogens is 3. The van der Waals surface area contributed by atoms with Crippen LogP contribution in [-0.2, 0) is 20.8 Å². The Kier molecular flexibility index (Phi) is 6.25. The molecule has 11 heteroatoms. The molecule has 0 saturated carbocycles. The van der Waals surface area contributed by atoms with Crippen molar-refractivity contribution in [3.05, 3.63) is 72.5 Å². The maximum absolute atomic E-state index is 12.8. The van der Waals surface area contributed by atoms with Gasteiger partial charge < -0.3 is 5.32 Å². The number of hydrogen-bond acceptors (Lipinski definition) is 5. The zero-order valence-corrected chi connectivity index (χ0v) is 16.8. The smallest absolute Gasteiger partial charge is 0.309 e. The molecular weight excluding hydrogens is 433 g/mol. The average Bonchev–Trinajstić information content (AvgIpc) is 3.16. The minimum absolute atomic E-state index is 0.132. The normalized spacial score (nSPS) is 11.8. The molecule has 0 aliphatic heterocycles. The summed E-state index contributed by atoms with van der Waals surface area (Å²) in [7, 11) is -3.55. The topological polar surface area (TPSA) is 94.0 Å². The van der Waals surface area contributed by atoms with Gasteiger partial charge in [-0.15, -0.1) is 5.10 Å². The largest absolute Gasteiger partial charge is 0.416 e. The average molecular weight is 450 g/mol. The van der Waals surface area contributed by atoms with Gasteiger partial charge in [0.05, 0.1) is 17.0 Å². The Bertz CT molecular complexity index is 1190. The van der Waals surface area contributed by atoms with E-state index in [1.165, 1.54) is 29.2 Å². The van der Waals surface area contributed by atoms with Gasteiger partial charge in [0.25, 0.3) is 0 Å². The van der Waals surface area contributed by atoms with Crippen molar-refractivity contribution < 1.29 is 26.4 Å². The van der Waals surface area contributed by atoms with Crippen LogP contribution in [0.3, 0.4) is 0 Å². The van der Waals surface area contributed by atoms with Gasteiger partial charge in [-0.1, -0.05) is 6.58 Å². The van der Waals surface area contributed by atoms with Gasteiger partial charge in [0.15, 0.2) is 15.7 Å². The van der Waals surface area contributed by atoms with E-state index in [0.29, 0.717) is 16.8 Å². The number of benzene rings is 1. The summed E-state index contributed by atoms with van der Waals surface area (Å²) in [6.07, 6.45) is -0.152. The second-order valence-corrected chi connectivity index (χ2v) is 8.52. The van der Waals surface area contributed by atoms with Crippen LogP contribution in [0.25, 0.3) is 16.8 Å². The highest BCUT2D eigenvalue weighted by Crippen LogP contribution is 2.31. The third-order valence-corrected chi connectivity index (χ3v) is 5.57. The molecule has 1 N–H and O–H groups in total. The van der Waals surface area contributed by atoms with Crippen molar-refractivity contribution in [2.45, 2.75) is 12.6 Å². The zero-order valence-electron chi connectivity index (χ0n) is 16.0. The Hall–Kier alpha value is -3.47. The van der Waals surface area contributed by atoms with Gasteiger partial charge >= 0.3 is 6.18 Å². The Labute approximate surface area is 176 Å². The molecule has 0 atom stereocenters. The molecule has 2 aromatic heterocycles. The van der Waals surface area contributed by atoms with Gasteiger partial charge in [0.1, 0.15) is 0 Å². The number of pyridine rings is 1. The molecule has 3 aromatic rings. The molecule has 0 aliphatic carbocycles. The summed E-state index contributed by atoms with van der Waals surface area (Å²) in [5.74, 6) is -0.863. The molecule has 31 heavy (non-hydrogen) atoms. The molecule has 1 aromatic carbocycles. The predicted octanol–water partition coefficient (Wildman–Crippen LogP) is 3.84. The lowest BCUT2D eigenvalue weighted by atomic mass is 10.1. The molecule has 0 unspecified atom stereocenters. The van der Waals surface area contributed by atoms with Crippen molar-refractivity contribution in [3.63, 3.8) is 0 Å². The highest BCUT2D eigenvalue weighted by atomic mass is 32.2. The van der Waals surface area contributed by atoms with E-state index < -0.39 is 33.2 Å². The maximum Gasteiger partial charge on any atom is 0.416 e. The first-order chi connectivity index (χ1) is 14.6. The fourth-order valence-corrected chi connectivity index (χ4v) is 3.29. The molecular formula is C20H17F3N4O3S. The summed E-state index contributed by atoms with van der Waals surface area (Å²) in [4.78, 5) is 16.2. The number of hydrogen-bond donors (Lipinski definition) is 1. The first-order valence-corrected chi connectivity index (χ1v) is 10.6. The molecule has 2 heterocycles. The van der Waals surface area contributed by atoms with E-state index in [1.54, 1.807) is 18.3 Å². The van der Waals surface area contributed by atoms with Gasteiger partial charge in [-0.2, -0.15) is 13.2 Å². The lowest BCUT2D eigenvalue weighted by molar-refractivity contribution is -0.137. The van der Waals surface area contributed by atoms with E-state index in [0.717, 1.165) is 17.5 Å². The highest BCUT2D eigenvalue weighted by molar-refractivity contribution is 7.94. The number of sulfone groups is 1. The number of nitrogens with zero attached hydrogens (tertiary/aromatic N) is 3. The van der Waals surface area contributed by atoms with E-state index in [4.69, 9.17) is 0 Å². The third kappa shape index (κ3) is 5.57. The van der Waals surface area contributed by atoms with Gasteiger partial charge in [-0.25, -0.2) is 13.1 Å². The zero-order chi connectivity index (χ0) is 22.6. The number of amides is 1. The number of halogens is 3. The molecule has 0 saturated heterocycles. The second kappa shape index (κ2) is 8.72. The van der Waals surface area contributed by atoms with Crippen LogP contribution in [0.1, 0.15) is 12.0 Å². The van der Waals surface area contributed by atoms with Crippen LogP contribution in [0.5, 0.6) is 0 Å². The Balaban J connectivity index is 1.92. The van der Waals surface area contributed by atoms with Crippen LogP contribution in [0.4, 0.5) is 19.0 Å². The summed E-state index contributed by atoms with van der Waals surface area (Å²) in [6.45, 7) is 3.19. The lowest BCUT2D eigenvalue weighted by Gasteiger charge is -2.07. The molecule has 0 fully saturated rings. The van der Waals surface area contributed by atoms with Gasteiger partial charge in [-0.3, -0.25) is 9.78 Å². The number of carbonyl (C=O) groups is 1. The summed E-state index contributed by atoms with van der Waals surface area (Å²) in [5, 5.41) is 7.61. The fourth-order valence-electron chi connectivity index (χ4n) is 2.66. The summed E-state index contributed by atoms with van der Waals surface area (Å²) in [6, 6.07) is 7.73. The van der Waals surface area contributed by atoms with Gasteiger partial charge in [-0.05, 0) is 42.0 Å². The number of rotatable bonds is 7. The van der Waals surface area contributed by atoms with E-state index in [1.807, 2.05) is 0 Å². The number of alkyl halides is 3. The van der Waals surface area contributed by atoms with Crippen LogP contribution in [0, 0.1) is 0 Å². The van der Waals surface area contributed by atoms with E-state index in [2.05, 4.69) is 22.0 Å². The van der Waals surface area contributed by atoms with Crippen LogP contribution in [0.2, 0.25) is 0 Å². The van der Waals surface area contributed by atoms with Crippen LogP contribution in [-0.4, -0.2) is 34.8 Å². The van der Waals surface area contributed by atoms with Gasteiger partial charge in [0, 0.05) is 36.0 Å². The minimum atomic E-state index is -4.46. The van der Waals surface area contributed by atoms with Crippen molar-refractivity contribution in [2.24, 2.45) is 0 Å². The van der Waals surface area contributed by atoms with E-state index in [9.17, 15) is 26.4 Å².